The number of benzene rings is 3. The van der Waals surface area contributed by atoms with Crippen molar-refractivity contribution in [3.63, 3.8) is 0 Å². The van der Waals surface area contributed by atoms with Crippen LogP contribution in [0.4, 0.5) is 13.2 Å². The molecule has 3 aromatic carbocycles. The lowest BCUT2D eigenvalue weighted by Crippen LogP contribution is -2.16. The first-order chi connectivity index (χ1) is 14.8. The zero-order valence-corrected chi connectivity index (χ0v) is 16.0. The van der Waals surface area contributed by atoms with Crippen molar-refractivity contribution >= 4 is 29.1 Å². The summed E-state index contributed by atoms with van der Waals surface area (Å²) in [5.41, 5.74) is 9.61. The zero-order chi connectivity index (χ0) is 22.0. The minimum Gasteiger partial charge on any atom is -0.406 e. The Morgan fingerprint density at radius 1 is 1.00 bits per heavy atom. The van der Waals surface area contributed by atoms with Gasteiger partial charge in [0.25, 0.3) is 0 Å². The first-order valence-electron chi connectivity index (χ1n) is 9.21. The van der Waals surface area contributed by atoms with E-state index in [9.17, 15) is 18.0 Å². The number of H-pyrrole nitrogens is 1. The summed E-state index contributed by atoms with van der Waals surface area (Å²) in [7, 11) is 0. The van der Waals surface area contributed by atoms with Crippen molar-refractivity contribution in [1.29, 1.82) is 0 Å². The average Bonchev–Trinajstić information content (AvgIpc) is 3.14. The number of carbonyl (C=O) groups excluding carboxylic acids is 1. The Morgan fingerprint density at radius 3 is 2.45 bits per heavy atom. The van der Waals surface area contributed by atoms with E-state index in [-0.39, 0.29) is 5.75 Å². The third-order valence-electron chi connectivity index (χ3n) is 4.55. The molecule has 0 aliphatic carbocycles. The van der Waals surface area contributed by atoms with Gasteiger partial charge in [0.15, 0.2) is 0 Å². The molecule has 0 bridgehead atoms. The molecule has 3 N–H and O–H groups in total. The highest BCUT2D eigenvalue weighted by molar-refractivity contribution is 6.00. The van der Waals surface area contributed by atoms with Gasteiger partial charge in [0.2, 0.25) is 5.91 Å². The molecule has 0 unspecified atom stereocenters. The Labute approximate surface area is 175 Å². The molecule has 0 saturated heterocycles. The van der Waals surface area contributed by atoms with Gasteiger partial charge in [-0.1, -0.05) is 42.5 Å². The number of amides is 1. The van der Waals surface area contributed by atoms with Gasteiger partial charge >= 0.3 is 6.36 Å². The van der Waals surface area contributed by atoms with E-state index in [0.29, 0.717) is 22.5 Å². The summed E-state index contributed by atoms with van der Waals surface area (Å²) in [6.07, 6.45) is -1.28. The summed E-state index contributed by atoms with van der Waals surface area (Å²) in [6, 6.07) is 18.2. The molecular weight excluding hydrogens is 407 g/mol. The van der Waals surface area contributed by atoms with Crippen molar-refractivity contribution in [1.82, 2.24) is 9.97 Å². The van der Waals surface area contributed by atoms with Crippen LogP contribution in [0.1, 0.15) is 21.7 Å². The molecule has 8 heteroatoms. The quantitative estimate of drug-likeness (QED) is 0.451. The Kier molecular flexibility index (Phi) is 5.21. The maximum atomic E-state index is 12.2. The van der Waals surface area contributed by atoms with Crippen LogP contribution in [-0.4, -0.2) is 22.2 Å². The molecule has 4 aromatic rings. The molecule has 4 rings (SSSR count). The summed E-state index contributed by atoms with van der Waals surface area (Å²) in [5, 5.41) is 0. The summed E-state index contributed by atoms with van der Waals surface area (Å²) >= 11 is 0. The maximum Gasteiger partial charge on any atom is 0.573 e. The number of aromatic amines is 1. The van der Waals surface area contributed by atoms with Crippen LogP contribution in [0.25, 0.3) is 34.3 Å². The van der Waals surface area contributed by atoms with Crippen molar-refractivity contribution in [3.05, 3.63) is 83.7 Å². The summed E-state index contributed by atoms with van der Waals surface area (Å²) in [4.78, 5) is 19.4. The van der Waals surface area contributed by atoms with Crippen LogP contribution in [0.15, 0.2) is 66.7 Å². The van der Waals surface area contributed by atoms with Crippen molar-refractivity contribution in [2.24, 2.45) is 5.73 Å². The molecule has 0 aliphatic heterocycles. The predicted octanol–water partition coefficient (Wildman–Crippen LogP) is 5.40. The topological polar surface area (TPSA) is 81.0 Å². The van der Waals surface area contributed by atoms with Crippen molar-refractivity contribution < 1.29 is 22.7 Å². The number of hydrogen-bond acceptors (Lipinski definition) is 3. The molecule has 0 spiro atoms. The normalized spacial score (nSPS) is 11.8. The zero-order valence-electron chi connectivity index (χ0n) is 16.0. The highest BCUT2D eigenvalue weighted by Crippen LogP contribution is 2.27. The Morgan fingerprint density at radius 2 is 1.74 bits per heavy atom. The molecule has 0 fully saturated rings. The second kappa shape index (κ2) is 7.98. The number of carbonyl (C=O) groups is 1. The molecule has 31 heavy (non-hydrogen) atoms. The fourth-order valence-electron chi connectivity index (χ4n) is 3.18. The summed E-state index contributed by atoms with van der Waals surface area (Å²) < 4.78 is 40.6. The predicted molar refractivity (Wildman–Crippen MR) is 112 cm³/mol. The number of fused-ring (bicyclic) bond motifs is 1. The van der Waals surface area contributed by atoms with E-state index in [0.717, 1.165) is 16.6 Å². The summed E-state index contributed by atoms with van der Waals surface area (Å²) in [6.45, 7) is 0. The first kappa shape index (κ1) is 20.2. The number of nitrogens with zero attached hydrogens (tertiary/aromatic N) is 1. The fourth-order valence-corrected chi connectivity index (χ4v) is 3.18. The fraction of sp³-hybridized carbons (Fsp3) is 0.0435. The minimum absolute atomic E-state index is 0.280. The summed E-state index contributed by atoms with van der Waals surface area (Å²) in [5.74, 6) is -0.212. The Bertz CT molecular complexity index is 1280. The van der Waals surface area contributed by atoms with Gasteiger partial charge in [-0.15, -0.1) is 13.2 Å². The molecule has 0 saturated carbocycles. The van der Waals surface area contributed by atoms with Gasteiger partial charge < -0.3 is 15.5 Å². The third kappa shape index (κ3) is 4.75. The molecule has 1 aromatic heterocycles. The number of rotatable bonds is 5. The van der Waals surface area contributed by atoms with Crippen LogP contribution in [0.5, 0.6) is 5.75 Å². The highest BCUT2D eigenvalue weighted by Gasteiger charge is 2.30. The van der Waals surface area contributed by atoms with Gasteiger partial charge in [-0.2, -0.15) is 0 Å². The third-order valence-corrected chi connectivity index (χ3v) is 4.55. The number of halogens is 3. The number of primary amides is 1. The van der Waals surface area contributed by atoms with Crippen molar-refractivity contribution in [2.75, 3.05) is 0 Å². The second-order valence-corrected chi connectivity index (χ2v) is 6.71. The van der Waals surface area contributed by atoms with Crippen molar-refractivity contribution in [2.45, 2.75) is 6.36 Å². The van der Waals surface area contributed by atoms with Crippen LogP contribution in [0, 0.1) is 0 Å². The van der Waals surface area contributed by atoms with Gasteiger partial charge in [0.1, 0.15) is 11.6 Å². The van der Waals surface area contributed by atoms with Gasteiger partial charge in [-0.25, -0.2) is 4.98 Å². The largest absolute Gasteiger partial charge is 0.573 e. The first-order valence-corrected chi connectivity index (χ1v) is 9.21. The number of aromatic nitrogens is 2. The molecule has 5 nitrogen and oxygen atoms in total. The number of imidazole rings is 1. The van der Waals surface area contributed by atoms with E-state index >= 15 is 0 Å². The lowest BCUT2D eigenvalue weighted by molar-refractivity contribution is -0.274. The number of nitrogens with two attached hydrogens (primary N) is 1. The molecule has 0 radical (unpaired) electrons. The van der Waals surface area contributed by atoms with Crippen molar-refractivity contribution in [3.8, 4) is 16.9 Å². The van der Waals surface area contributed by atoms with Crippen LogP contribution >= 0.6 is 0 Å². The van der Waals surface area contributed by atoms with Crippen LogP contribution in [0.3, 0.4) is 0 Å². The minimum atomic E-state index is -4.72. The molecule has 0 atom stereocenters. The van der Waals surface area contributed by atoms with Crippen LogP contribution in [0.2, 0.25) is 0 Å². The SMILES string of the molecule is NC(=O)c1ccccc1-c1ccc2[nH]c(/C=C/c3ccc(OC(F)(F)F)cc3)nc2c1. The highest BCUT2D eigenvalue weighted by atomic mass is 19.4. The monoisotopic (exact) mass is 423 g/mol. The van der Waals surface area contributed by atoms with Gasteiger partial charge in [0.05, 0.1) is 11.0 Å². The van der Waals surface area contributed by atoms with E-state index < -0.39 is 12.3 Å². The number of nitrogens with one attached hydrogen (secondary N) is 1. The van der Waals surface area contributed by atoms with E-state index in [1.807, 2.05) is 30.3 Å². The number of alkyl halides is 3. The van der Waals surface area contributed by atoms with Gasteiger partial charge in [-0.05, 0) is 53.1 Å². The number of ether oxygens (including phenoxy) is 1. The van der Waals surface area contributed by atoms with E-state index in [2.05, 4.69) is 14.7 Å². The standard InChI is InChI=1S/C23H16F3N3O2/c24-23(25,26)31-16-9-5-14(6-10-16)7-12-21-28-19-11-8-15(13-20(19)29-21)17-3-1-2-4-18(17)22(27)30/h1-13H,(H2,27,30)(H,28,29)/b12-7+. The van der Waals surface area contributed by atoms with E-state index in [1.165, 1.54) is 24.3 Å². The molecular formula is C23H16F3N3O2. The molecule has 1 heterocycles. The van der Waals surface area contributed by atoms with Crippen LogP contribution in [-0.2, 0) is 0 Å². The van der Waals surface area contributed by atoms with E-state index in [1.54, 1.807) is 24.3 Å². The Balaban J connectivity index is 1.57. The molecule has 0 aliphatic rings. The average molecular weight is 423 g/mol. The van der Waals surface area contributed by atoms with Gasteiger partial charge in [0, 0.05) is 5.56 Å². The molecule has 156 valence electrons. The Hall–Kier alpha value is -4.07. The van der Waals surface area contributed by atoms with Crippen LogP contribution < -0.4 is 10.5 Å². The van der Waals surface area contributed by atoms with Gasteiger partial charge in [-0.3, -0.25) is 4.79 Å². The van der Waals surface area contributed by atoms with E-state index in [4.69, 9.17) is 5.73 Å². The molecule has 1 amide bonds. The number of hydrogen-bond donors (Lipinski definition) is 2. The smallest absolute Gasteiger partial charge is 0.406 e. The maximum absolute atomic E-state index is 12.2. The lowest BCUT2D eigenvalue weighted by atomic mass is 9.99. The second-order valence-electron chi connectivity index (χ2n) is 6.71. The lowest BCUT2D eigenvalue weighted by Gasteiger charge is -2.08.